The number of anilines is 1. The number of aromatic nitrogens is 3. The highest BCUT2D eigenvalue weighted by Gasteiger charge is 2.24. The molecular formula is C21H25N5O2. The number of amides is 2. The minimum absolute atomic E-state index is 0.0418. The van der Waals surface area contributed by atoms with Crippen molar-refractivity contribution < 1.29 is 9.32 Å². The number of nitrogens with one attached hydrogen (secondary N) is 1. The molecule has 0 atom stereocenters. The lowest BCUT2D eigenvalue weighted by Crippen LogP contribution is -2.41. The van der Waals surface area contributed by atoms with Crippen LogP contribution in [0.15, 0.2) is 47.2 Å². The van der Waals surface area contributed by atoms with Gasteiger partial charge in [0.1, 0.15) is 0 Å². The maximum Gasteiger partial charge on any atom is 0.321 e. The molecule has 2 amide bonds. The van der Waals surface area contributed by atoms with Crippen LogP contribution >= 0.6 is 0 Å². The molecule has 0 radical (unpaired) electrons. The summed E-state index contributed by atoms with van der Waals surface area (Å²) < 4.78 is 7.27. The first-order valence-electron chi connectivity index (χ1n) is 9.68. The van der Waals surface area contributed by atoms with Crippen LogP contribution < -0.4 is 5.32 Å². The second kappa shape index (κ2) is 7.88. The minimum Gasteiger partial charge on any atom is -0.339 e. The lowest BCUT2D eigenvalue weighted by atomic mass is 9.94. The van der Waals surface area contributed by atoms with Gasteiger partial charge in [-0.2, -0.15) is 4.98 Å². The summed E-state index contributed by atoms with van der Waals surface area (Å²) in [6.45, 7) is 5.33. The normalized spacial score (nSPS) is 15.0. The fourth-order valence-electron chi connectivity index (χ4n) is 3.74. The van der Waals surface area contributed by atoms with E-state index in [9.17, 15) is 4.79 Å². The summed E-state index contributed by atoms with van der Waals surface area (Å²) in [6, 6.07) is 9.91. The molecule has 7 nitrogen and oxygen atoms in total. The van der Waals surface area contributed by atoms with Crippen LogP contribution in [0.25, 0.3) is 5.69 Å². The standard InChI is InChI=1S/C21H25N5O2/c1-15-18(6-5-7-19(15)25-10-3-4-11-25)23-21(27)26-12-8-17(9-13-26)14-20-22-16(2)24-28-20/h3-7,10-11,17H,8-9,12-14H2,1-2H3,(H,23,27). The van der Waals surface area contributed by atoms with Gasteiger partial charge in [-0.1, -0.05) is 11.2 Å². The van der Waals surface area contributed by atoms with Gasteiger partial charge >= 0.3 is 6.03 Å². The summed E-state index contributed by atoms with van der Waals surface area (Å²) in [7, 11) is 0. The van der Waals surface area contributed by atoms with Gasteiger partial charge < -0.3 is 19.3 Å². The Labute approximate surface area is 164 Å². The largest absolute Gasteiger partial charge is 0.339 e. The Morgan fingerprint density at radius 2 is 1.93 bits per heavy atom. The van der Waals surface area contributed by atoms with Crippen LogP contribution in [0.4, 0.5) is 10.5 Å². The molecule has 0 saturated carbocycles. The number of hydrogen-bond acceptors (Lipinski definition) is 4. The molecule has 4 rings (SSSR count). The number of benzene rings is 1. The number of nitrogens with zero attached hydrogens (tertiary/aromatic N) is 4. The molecule has 146 valence electrons. The molecule has 7 heteroatoms. The minimum atomic E-state index is -0.0418. The van der Waals surface area contributed by atoms with Crippen molar-refractivity contribution in [3.05, 3.63) is 60.0 Å². The number of aryl methyl sites for hydroxylation is 1. The fraction of sp³-hybridized carbons (Fsp3) is 0.381. The Balaban J connectivity index is 1.35. The number of carbonyl (C=O) groups excluding carboxylic acids is 1. The second-order valence-corrected chi connectivity index (χ2v) is 7.34. The highest BCUT2D eigenvalue weighted by Crippen LogP contribution is 2.25. The van der Waals surface area contributed by atoms with Gasteiger partial charge in [0.25, 0.3) is 0 Å². The van der Waals surface area contributed by atoms with Crippen molar-refractivity contribution in [3.8, 4) is 5.69 Å². The van der Waals surface area contributed by atoms with E-state index in [1.807, 2.05) is 55.4 Å². The maximum atomic E-state index is 12.8. The molecule has 1 saturated heterocycles. The number of hydrogen-bond donors (Lipinski definition) is 1. The van der Waals surface area contributed by atoms with E-state index in [0.717, 1.165) is 49.3 Å². The summed E-state index contributed by atoms with van der Waals surface area (Å²) in [6.07, 6.45) is 6.68. The van der Waals surface area contributed by atoms with E-state index < -0.39 is 0 Å². The molecule has 0 aliphatic carbocycles. The maximum absolute atomic E-state index is 12.8. The lowest BCUT2D eigenvalue weighted by Gasteiger charge is -2.31. The molecule has 1 N–H and O–H groups in total. The average molecular weight is 379 g/mol. The van der Waals surface area contributed by atoms with E-state index >= 15 is 0 Å². The van der Waals surface area contributed by atoms with Gasteiger partial charge in [0.2, 0.25) is 5.89 Å². The predicted octanol–water partition coefficient (Wildman–Crippen LogP) is 3.96. The number of urea groups is 1. The van der Waals surface area contributed by atoms with Gasteiger partial charge in [0.05, 0.1) is 0 Å². The molecule has 1 aromatic carbocycles. The molecule has 1 aliphatic heterocycles. The summed E-state index contributed by atoms with van der Waals surface area (Å²) in [5.74, 6) is 1.84. The molecule has 3 aromatic rings. The van der Waals surface area contributed by atoms with E-state index in [1.165, 1.54) is 0 Å². The van der Waals surface area contributed by atoms with Crippen LogP contribution in [-0.4, -0.2) is 38.7 Å². The predicted molar refractivity (Wildman–Crippen MR) is 107 cm³/mol. The van der Waals surface area contributed by atoms with Crippen molar-refractivity contribution in [2.45, 2.75) is 33.1 Å². The van der Waals surface area contributed by atoms with Crippen molar-refractivity contribution in [3.63, 3.8) is 0 Å². The number of likely N-dealkylation sites (tertiary alicyclic amines) is 1. The highest BCUT2D eigenvalue weighted by atomic mass is 16.5. The van der Waals surface area contributed by atoms with Crippen LogP contribution in [0.3, 0.4) is 0 Å². The average Bonchev–Trinajstić information content (AvgIpc) is 3.36. The van der Waals surface area contributed by atoms with Crippen molar-refractivity contribution in [2.75, 3.05) is 18.4 Å². The lowest BCUT2D eigenvalue weighted by molar-refractivity contribution is 0.179. The highest BCUT2D eigenvalue weighted by molar-refractivity contribution is 5.90. The second-order valence-electron chi connectivity index (χ2n) is 7.34. The Morgan fingerprint density at radius 3 is 2.61 bits per heavy atom. The van der Waals surface area contributed by atoms with E-state index in [2.05, 4.69) is 26.1 Å². The fourth-order valence-corrected chi connectivity index (χ4v) is 3.74. The third kappa shape index (κ3) is 3.93. The smallest absolute Gasteiger partial charge is 0.321 e. The zero-order chi connectivity index (χ0) is 19.5. The molecule has 3 heterocycles. The summed E-state index contributed by atoms with van der Waals surface area (Å²) in [4.78, 5) is 18.9. The summed E-state index contributed by atoms with van der Waals surface area (Å²) >= 11 is 0. The third-order valence-corrected chi connectivity index (χ3v) is 5.36. The van der Waals surface area contributed by atoms with Crippen LogP contribution in [0.5, 0.6) is 0 Å². The zero-order valence-electron chi connectivity index (χ0n) is 16.3. The summed E-state index contributed by atoms with van der Waals surface area (Å²) in [5.41, 5.74) is 2.96. The molecule has 0 spiro atoms. The van der Waals surface area contributed by atoms with Crippen molar-refractivity contribution in [1.82, 2.24) is 19.6 Å². The number of carbonyl (C=O) groups is 1. The molecule has 28 heavy (non-hydrogen) atoms. The number of piperidine rings is 1. The Morgan fingerprint density at radius 1 is 1.18 bits per heavy atom. The Bertz CT molecular complexity index is 940. The third-order valence-electron chi connectivity index (χ3n) is 5.36. The van der Waals surface area contributed by atoms with Crippen LogP contribution in [0.2, 0.25) is 0 Å². The van der Waals surface area contributed by atoms with Crippen molar-refractivity contribution in [1.29, 1.82) is 0 Å². The first-order valence-corrected chi connectivity index (χ1v) is 9.68. The van der Waals surface area contributed by atoms with Gasteiger partial charge in [-0.25, -0.2) is 4.79 Å². The van der Waals surface area contributed by atoms with Gasteiger partial charge in [-0.3, -0.25) is 0 Å². The molecule has 2 aromatic heterocycles. The van der Waals surface area contributed by atoms with Crippen LogP contribution in [-0.2, 0) is 6.42 Å². The zero-order valence-corrected chi connectivity index (χ0v) is 16.3. The molecule has 1 aliphatic rings. The van der Waals surface area contributed by atoms with Gasteiger partial charge in [0, 0.05) is 43.3 Å². The monoisotopic (exact) mass is 379 g/mol. The summed E-state index contributed by atoms with van der Waals surface area (Å²) in [5, 5.41) is 6.93. The van der Waals surface area contributed by atoms with Crippen LogP contribution in [0, 0.1) is 19.8 Å². The number of rotatable bonds is 4. The van der Waals surface area contributed by atoms with E-state index in [0.29, 0.717) is 17.6 Å². The van der Waals surface area contributed by atoms with E-state index in [-0.39, 0.29) is 6.03 Å². The quantitative estimate of drug-likeness (QED) is 0.744. The SMILES string of the molecule is Cc1noc(CC2CCN(C(=O)Nc3cccc(-n4cccc4)c3C)CC2)n1. The van der Waals surface area contributed by atoms with Gasteiger partial charge in [-0.05, 0) is 62.4 Å². The van der Waals surface area contributed by atoms with Gasteiger partial charge in [0.15, 0.2) is 5.82 Å². The van der Waals surface area contributed by atoms with Crippen LogP contribution in [0.1, 0.15) is 30.1 Å². The van der Waals surface area contributed by atoms with E-state index in [1.54, 1.807) is 0 Å². The Hall–Kier alpha value is -3.09. The van der Waals surface area contributed by atoms with Crippen molar-refractivity contribution in [2.24, 2.45) is 5.92 Å². The molecular weight excluding hydrogens is 354 g/mol. The van der Waals surface area contributed by atoms with Gasteiger partial charge in [-0.15, -0.1) is 0 Å². The topological polar surface area (TPSA) is 76.2 Å². The Kier molecular flexibility index (Phi) is 5.14. The van der Waals surface area contributed by atoms with E-state index in [4.69, 9.17) is 4.52 Å². The molecule has 0 bridgehead atoms. The first-order chi connectivity index (χ1) is 13.6. The first kappa shape index (κ1) is 18.3. The molecule has 0 unspecified atom stereocenters. The molecule has 1 fully saturated rings. The van der Waals surface area contributed by atoms with Crippen molar-refractivity contribution >= 4 is 11.7 Å².